The van der Waals surface area contributed by atoms with Gasteiger partial charge in [-0.25, -0.2) is 4.79 Å². The maximum absolute atomic E-state index is 12.2. The average Bonchev–Trinajstić information content (AvgIpc) is 2.37. The predicted molar refractivity (Wildman–Crippen MR) is 84.5 cm³/mol. The van der Waals surface area contributed by atoms with Gasteiger partial charge in [-0.3, -0.25) is 0 Å². The van der Waals surface area contributed by atoms with Gasteiger partial charge in [0.25, 0.3) is 0 Å². The van der Waals surface area contributed by atoms with Crippen LogP contribution in [0.3, 0.4) is 0 Å². The standard InChI is InChI=1S/C17H26N2O2/c1-12-7-6-8-13(2)15(12)14-11-19(10-9-18-14)16(20)21-17(3,4)5/h6-8,14,18H,9-11H2,1-5H3. The molecule has 0 radical (unpaired) electrons. The van der Waals surface area contributed by atoms with Crippen LogP contribution in [0, 0.1) is 13.8 Å². The molecule has 4 heteroatoms. The Balaban J connectivity index is 2.13. The van der Waals surface area contributed by atoms with Crippen LogP contribution in [0.15, 0.2) is 18.2 Å². The molecule has 2 rings (SSSR count). The first-order chi connectivity index (χ1) is 9.78. The van der Waals surface area contributed by atoms with Crippen molar-refractivity contribution in [2.75, 3.05) is 19.6 Å². The fraction of sp³-hybridized carbons (Fsp3) is 0.588. The highest BCUT2D eigenvalue weighted by Gasteiger charge is 2.29. The number of hydrogen-bond donors (Lipinski definition) is 1. The van der Waals surface area contributed by atoms with E-state index < -0.39 is 5.60 Å². The number of amides is 1. The van der Waals surface area contributed by atoms with Crippen molar-refractivity contribution in [2.24, 2.45) is 0 Å². The molecule has 1 unspecified atom stereocenters. The number of carbonyl (C=O) groups excluding carboxylic acids is 1. The molecule has 0 aliphatic carbocycles. The molecule has 21 heavy (non-hydrogen) atoms. The normalized spacial score (nSPS) is 19.5. The van der Waals surface area contributed by atoms with E-state index in [-0.39, 0.29) is 12.1 Å². The number of nitrogens with one attached hydrogen (secondary N) is 1. The Bertz CT molecular complexity index is 500. The van der Waals surface area contributed by atoms with Crippen LogP contribution < -0.4 is 5.32 Å². The SMILES string of the molecule is Cc1cccc(C)c1C1CN(C(=O)OC(C)(C)C)CCN1. The fourth-order valence-corrected chi connectivity index (χ4v) is 2.81. The molecule has 1 N–H and O–H groups in total. The van der Waals surface area contributed by atoms with Crippen LogP contribution in [0.1, 0.15) is 43.5 Å². The second-order valence-electron chi connectivity index (χ2n) is 6.74. The number of carbonyl (C=O) groups is 1. The number of hydrogen-bond acceptors (Lipinski definition) is 3. The third kappa shape index (κ3) is 3.97. The smallest absolute Gasteiger partial charge is 0.410 e. The molecule has 1 atom stereocenters. The third-order valence-electron chi connectivity index (χ3n) is 3.72. The van der Waals surface area contributed by atoms with Crippen LogP contribution in [0.5, 0.6) is 0 Å². The molecule has 0 spiro atoms. The first kappa shape index (κ1) is 15.8. The molecule has 1 heterocycles. The quantitative estimate of drug-likeness (QED) is 0.863. The Morgan fingerprint density at radius 2 is 1.90 bits per heavy atom. The molecule has 1 aliphatic heterocycles. The van der Waals surface area contributed by atoms with E-state index in [1.807, 2.05) is 20.8 Å². The molecule has 1 aliphatic rings. The molecule has 1 saturated heterocycles. The summed E-state index contributed by atoms with van der Waals surface area (Å²) in [5, 5.41) is 3.52. The Morgan fingerprint density at radius 1 is 1.29 bits per heavy atom. The maximum Gasteiger partial charge on any atom is 0.410 e. The van der Waals surface area contributed by atoms with E-state index in [1.54, 1.807) is 4.90 Å². The second kappa shape index (κ2) is 6.06. The molecule has 0 aromatic heterocycles. The Morgan fingerprint density at radius 3 is 2.48 bits per heavy atom. The lowest BCUT2D eigenvalue weighted by atomic mass is 9.95. The van der Waals surface area contributed by atoms with Gasteiger partial charge in [-0.15, -0.1) is 0 Å². The van der Waals surface area contributed by atoms with Crippen LogP contribution in [-0.4, -0.2) is 36.2 Å². The summed E-state index contributed by atoms with van der Waals surface area (Å²) < 4.78 is 5.48. The third-order valence-corrected chi connectivity index (χ3v) is 3.72. The van der Waals surface area contributed by atoms with Crippen molar-refractivity contribution in [1.82, 2.24) is 10.2 Å². The fourth-order valence-electron chi connectivity index (χ4n) is 2.81. The van der Waals surface area contributed by atoms with Crippen molar-refractivity contribution in [3.8, 4) is 0 Å². The number of aryl methyl sites for hydroxylation is 2. The molecular weight excluding hydrogens is 264 g/mol. The lowest BCUT2D eigenvalue weighted by Crippen LogP contribution is -2.50. The summed E-state index contributed by atoms with van der Waals surface area (Å²) in [4.78, 5) is 14.0. The van der Waals surface area contributed by atoms with Crippen LogP contribution >= 0.6 is 0 Å². The number of nitrogens with zero attached hydrogens (tertiary/aromatic N) is 1. The van der Waals surface area contributed by atoms with Gasteiger partial charge in [0.05, 0.1) is 6.04 Å². The topological polar surface area (TPSA) is 41.6 Å². The molecule has 0 bridgehead atoms. The van der Waals surface area contributed by atoms with E-state index in [9.17, 15) is 4.79 Å². The summed E-state index contributed by atoms with van der Waals surface area (Å²) in [5.74, 6) is 0. The largest absolute Gasteiger partial charge is 0.444 e. The zero-order valence-electron chi connectivity index (χ0n) is 13.7. The second-order valence-corrected chi connectivity index (χ2v) is 6.74. The summed E-state index contributed by atoms with van der Waals surface area (Å²) in [7, 11) is 0. The van der Waals surface area contributed by atoms with Gasteiger partial charge in [-0.1, -0.05) is 18.2 Å². The first-order valence-electron chi connectivity index (χ1n) is 7.55. The van der Waals surface area contributed by atoms with Gasteiger partial charge in [0.15, 0.2) is 0 Å². The minimum absolute atomic E-state index is 0.174. The lowest BCUT2D eigenvalue weighted by molar-refractivity contribution is 0.0194. The summed E-state index contributed by atoms with van der Waals surface area (Å²) >= 11 is 0. The molecule has 1 aromatic rings. The van der Waals surface area contributed by atoms with Gasteiger partial charge in [0.2, 0.25) is 0 Å². The molecule has 1 fully saturated rings. The maximum atomic E-state index is 12.2. The van der Waals surface area contributed by atoms with Crippen molar-refractivity contribution in [2.45, 2.75) is 46.3 Å². The molecule has 4 nitrogen and oxygen atoms in total. The lowest BCUT2D eigenvalue weighted by Gasteiger charge is -2.36. The number of ether oxygens (including phenoxy) is 1. The van der Waals surface area contributed by atoms with Gasteiger partial charge in [-0.2, -0.15) is 0 Å². The minimum atomic E-state index is -0.448. The van der Waals surface area contributed by atoms with E-state index in [0.29, 0.717) is 13.1 Å². The van der Waals surface area contributed by atoms with Gasteiger partial charge in [0.1, 0.15) is 5.60 Å². The Kier molecular flexibility index (Phi) is 4.57. The van der Waals surface area contributed by atoms with Crippen molar-refractivity contribution in [1.29, 1.82) is 0 Å². The van der Waals surface area contributed by atoms with Crippen molar-refractivity contribution >= 4 is 6.09 Å². The van der Waals surface area contributed by atoms with Crippen LogP contribution in [0.2, 0.25) is 0 Å². The highest BCUT2D eigenvalue weighted by atomic mass is 16.6. The van der Waals surface area contributed by atoms with Gasteiger partial charge in [0, 0.05) is 19.6 Å². The minimum Gasteiger partial charge on any atom is -0.444 e. The molecule has 1 amide bonds. The number of benzene rings is 1. The Labute approximate surface area is 127 Å². The molecular formula is C17H26N2O2. The predicted octanol–water partition coefficient (Wildman–Crippen LogP) is 3.18. The summed E-state index contributed by atoms with van der Waals surface area (Å²) in [6.07, 6.45) is -0.222. The highest BCUT2D eigenvalue weighted by Crippen LogP contribution is 2.25. The zero-order chi connectivity index (χ0) is 15.6. The first-order valence-corrected chi connectivity index (χ1v) is 7.55. The molecule has 1 aromatic carbocycles. The monoisotopic (exact) mass is 290 g/mol. The highest BCUT2D eigenvalue weighted by molar-refractivity contribution is 5.68. The van der Waals surface area contributed by atoms with Crippen LogP contribution in [0.25, 0.3) is 0 Å². The van der Waals surface area contributed by atoms with Gasteiger partial charge in [-0.05, 0) is 51.3 Å². The number of piperazine rings is 1. The average molecular weight is 290 g/mol. The molecule has 116 valence electrons. The van der Waals surface area contributed by atoms with E-state index in [4.69, 9.17) is 4.74 Å². The van der Waals surface area contributed by atoms with Crippen molar-refractivity contribution < 1.29 is 9.53 Å². The van der Waals surface area contributed by atoms with E-state index in [2.05, 4.69) is 37.4 Å². The Hall–Kier alpha value is -1.55. The number of rotatable bonds is 1. The van der Waals surface area contributed by atoms with E-state index in [1.165, 1.54) is 16.7 Å². The van der Waals surface area contributed by atoms with Crippen LogP contribution in [0.4, 0.5) is 4.79 Å². The van der Waals surface area contributed by atoms with Crippen molar-refractivity contribution in [3.63, 3.8) is 0 Å². The summed E-state index contributed by atoms with van der Waals surface area (Å²) in [5.41, 5.74) is 3.37. The summed E-state index contributed by atoms with van der Waals surface area (Å²) in [6, 6.07) is 6.49. The van der Waals surface area contributed by atoms with Gasteiger partial charge < -0.3 is 15.0 Å². The van der Waals surface area contributed by atoms with Crippen LogP contribution in [-0.2, 0) is 4.74 Å². The van der Waals surface area contributed by atoms with E-state index >= 15 is 0 Å². The van der Waals surface area contributed by atoms with E-state index in [0.717, 1.165) is 6.54 Å². The van der Waals surface area contributed by atoms with Gasteiger partial charge >= 0.3 is 6.09 Å². The molecule has 0 saturated carbocycles. The summed E-state index contributed by atoms with van der Waals surface area (Å²) in [6.45, 7) is 12.1. The zero-order valence-corrected chi connectivity index (χ0v) is 13.7. The van der Waals surface area contributed by atoms with Crippen molar-refractivity contribution in [3.05, 3.63) is 34.9 Å².